The SMILES string of the molecule is CC[C@@H](OC)[C@H]1C(=O)Nc2c(cc(N[C@H]3C[C@H](Oc4cnc(C(F)(F)F)nc4)C3)nc2C)N1C. The van der Waals surface area contributed by atoms with E-state index in [4.69, 9.17) is 9.47 Å². The Balaban J connectivity index is 1.39. The van der Waals surface area contributed by atoms with Crippen molar-refractivity contribution in [1.29, 1.82) is 0 Å². The number of hydrogen-bond donors (Lipinski definition) is 2. The van der Waals surface area contributed by atoms with E-state index in [2.05, 4.69) is 25.6 Å². The summed E-state index contributed by atoms with van der Waals surface area (Å²) in [4.78, 5) is 25.8. The van der Waals surface area contributed by atoms with Crippen molar-refractivity contribution in [3.8, 4) is 5.75 Å². The van der Waals surface area contributed by atoms with E-state index in [-0.39, 0.29) is 29.9 Å². The number of nitrogens with one attached hydrogen (secondary N) is 2. The first-order valence-electron chi connectivity index (χ1n) is 11.0. The number of methoxy groups -OCH3 is 1. The van der Waals surface area contributed by atoms with Gasteiger partial charge in [-0.25, -0.2) is 15.0 Å². The molecule has 4 rings (SSSR count). The van der Waals surface area contributed by atoms with Gasteiger partial charge < -0.3 is 25.0 Å². The molecule has 2 atom stereocenters. The van der Waals surface area contributed by atoms with Gasteiger partial charge in [-0.1, -0.05) is 6.92 Å². The molecule has 0 aromatic carbocycles. The number of fused-ring (bicyclic) bond motifs is 1. The summed E-state index contributed by atoms with van der Waals surface area (Å²) in [6, 6.07) is 1.53. The monoisotopic (exact) mass is 480 g/mol. The summed E-state index contributed by atoms with van der Waals surface area (Å²) in [5.41, 5.74) is 2.22. The van der Waals surface area contributed by atoms with Crippen molar-refractivity contribution in [2.24, 2.45) is 0 Å². The molecule has 9 nitrogen and oxygen atoms in total. The third-order valence-corrected chi connectivity index (χ3v) is 6.18. The van der Waals surface area contributed by atoms with Crippen LogP contribution in [0.1, 0.15) is 37.7 Å². The highest BCUT2D eigenvalue weighted by Crippen LogP contribution is 2.37. The minimum absolute atomic E-state index is 0.0898. The quantitative estimate of drug-likeness (QED) is 0.622. The molecule has 0 spiro atoms. The molecule has 2 aliphatic rings. The van der Waals surface area contributed by atoms with Crippen molar-refractivity contribution < 1.29 is 27.4 Å². The van der Waals surface area contributed by atoms with E-state index in [1.165, 1.54) is 0 Å². The summed E-state index contributed by atoms with van der Waals surface area (Å²) in [7, 11) is 3.47. The van der Waals surface area contributed by atoms with Crippen LogP contribution in [0.4, 0.5) is 30.4 Å². The van der Waals surface area contributed by atoms with Crippen LogP contribution in [0, 0.1) is 6.92 Å². The highest BCUT2D eigenvalue weighted by Gasteiger charge is 2.38. The Morgan fingerprint density at radius 3 is 2.56 bits per heavy atom. The maximum absolute atomic E-state index is 12.7. The number of pyridine rings is 1. The number of halogens is 3. The van der Waals surface area contributed by atoms with Crippen LogP contribution in [0.3, 0.4) is 0 Å². The molecule has 0 bridgehead atoms. The summed E-state index contributed by atoms with van der Waals surface area (Å²) in [5.74, 6) is -0.447. The van der Waals surface area contributed by atoms with Crippen LogP contribution in [0.15, 0.2) is 18.5 Å². The van der Waals surface area contributed by atoms with Gasteiger partial charge in [0.2, 0.25) is 11.7 Å². The van der Waals surface area contributed by atoms with Gasteiger partial charge in [0.25, 0.3) is 0 Å². The van der Waals surface area contributed by atoms with Crippen molar-refractivity contribution in [2.45, 2.75) is 63.6 Å². The van der Waals surface area contributed by atoms with Gasteiger partial charge in [0.1, 0.15) is 18.0 Å². The second-order valence-corrected chi connectivity index (χ2v) is 8.51. The van der Waals surface area contributed by atoms with Gasteiger partial charge in [0, 0.05) is 39.1 Å². The smallest absolute Gasteiger partial charge is 0.451 e. The Hall–Kier alpha value is -3.15. The van der Waals surface area contributed by atoms with Gasteiger partial charge >= 0.3 is 6.18 Å². The van der Waals surface area contributed by atoms with Crippen LogP contribution < -0.4 is 20.3 Å². The first-order chi connectivity index (χ1) is 16.1. The second-order valence-electron chi connectivity index (χ2n) is 8.51. The molecule has 2 aromatic rings. The van der Waals surface area contributed by atoms with Crippen LogP contribution in [-0.4, -0.2) is 59.3 Å². The molecule has 184 valence electrons. The Morgan fingerprint density at radius 2 is 1.97 bits per heavy atom. The third-order valence-electron chi connectivity index (χ3n) is 6.18. The van der Waals surface area contributed by atoms with Gasteiger partial charge in [-0.2, -0.15) is 13.2 Å². The van der Waals surface area contributed by atoms with Crippen molar-refractivity contribution in [2.75, 3.05) is 29.7 Å². The van der Waals surface area contributed by atoms with Gasteiger partial charge in [0.05, 0.1) is 35.6 Å². The first kappa shape index (κ1) is 24.0. The fourth-order valence-corrected chi connectivity index (χ4v) is 4.33. The van der Waals surface area contributed by atoms with Crippen molar-refractivity contribution >= 4 is 23.1 Å². The van der Waals surface area contributed by atoms with Crippen LogP contribution in [0.5, 0.6) is 5.75 Å². The molecule has 34 heavy (non-hydrogen) atoms. The highest BCUT2D eigenvalue weighted by molar-refractivity contribution is 6.04. The second kappa shape index (κ2) is 9.24. The maximum Gasteiger partial charge on any atom is 0.451 e. The minimum Gasteiger partial charge on any atom is -0.487 e. The van der Waals surface area contributed by atoms with E-state index < -0.39 is 18.0 Å². The number of nitrogens with zero attached hydrogens (tertiary/aromatic N) is 4. The molecule has 1 fully saturated rings. The molecule has 1 saturated carbocycles. The Morgan fingerprint density at radius 1 is 1.29 bits per heavy atom. The number of ether oxygens (including phenoxy) is 2. The number of likely N-dealkylation sites (N-methyl/N-ethyl adjacent to an activating group) is 1. The Kier molecular flexibility index (Phi) is 6.52. The van der Waals surface area contributed by atoms with Gasteiger partial charge in [-0.05, 0) is 13.3 Å². The lowest BCUT2D eigenvalue weighted by Crippen LogP contribution is -2.53. The summed E-state index contributed by atoms with van der Waals surface area (Å²) in [6.45, 7) is 3.81. The number of aromatic nitrogens is 3. The zero-order chi connectivity index (χ0) is 24.6. The zero-order valence-corrected chi connectivity index (χ0v) is 19.3. The van der Waals surface area contributed by atoms with Crippen molar-refractivity contribution in [3.05, 3.63) is 30.0 Å². The molecule has 0 saturated heterocycles. The predicted octanol–water partition coefficient (Wildman–Crippen LogP) is 3.40. The number of amides is 1. The first-order valence-corrected chi connectivity index (χ1v) is 11.0. The Bertz CT molecular complexity index is 1040. The molecule has 12 heteroatoms. The molecular formula is C22H27F3N6O3. The molecule has 1 amide bonds. The number of rotatable bonds is 7. The maximum atomic E-state index is 12.7. The van der Waals surface area contributed by atoms with Crippen LogP contribution >= 0.6 is 0 Å². The van der Waals surface area contributed by atoms with Gasteiger partial charge in [-0.3, -0.25) is 4.79 Å². The van der Waals surface area contributed by atoms with Gasteiger partial charge in [0.15, 0.2) is 5.75 Å². The van der Waals surface area contributed by atoms with E-state index in [1.54, 1.807) is 7.11 Å². The lowest BCUT2D eigenvalue weighted by atomic mass is 9.89. The minimum atomic E-state index is -4.58. The van der Waals surface area contributed by atoms with Crippen molar-refractivity contribution in [3.63, 3.8) is 0 Å². The average molecular weight is 480 g/mol. The number of hydrogen-bond acceptors (Lipinski definition) is 8. The highest BCUT2D eigenvalue weighted by atomic mass is 19.4. The number of anilines is 3. The van der Waals surface area contributed by atoms with E-state index in [1.807, 2.05) is 31.9 Å². The van der Waals surface area contributed by atoms with Crippen LogP contribution in [0.25, 0.3) is 0 Å². The van der Waals surface area contributed by atoms with E-state index >= 15 is 0 Å². The summed E-state index contributed by atoms with van der Waals surface area (Å²) >= 11 is 0. The number of carbonyl (C=O) groups excluding carboxylic acids is 1. The third kappa shape index (κ3) is 4.72. The normalized spacial score (nSPS) is 23.0. The Labute approximate surface area is 195 Å². The molecule has 1 aliphatic carbocycles. The summed E-state index contributed by atoms with van der Waals surface area (Å²) in [5, 5.41) is 6.34. The fourth-order valence-electron chi connectivity index (χ4n) is 4.33. The number of carbonyl (C=O) groups is 1. The number of aryl methyl sites for hydroxylation is 1. The molecular weight excluding hydrogens is 453 g/mol. The molecule has 2 aromatic heterocycles. The summed E-state index contributed by atoms with van der Waals surface area (Å²) < 4.78 is 48.9. The number of alkyl halides is 3. The van der Waals surface area contributed by atoms with Crippen molar-refractivity contribution in [1.82, 2.24) is 15.0 Å². The van der Waals surface area contributed by atoms with Crippen LogP contribution in [0.2, 0.25) is 0 Å². The lowest BCUT2D eigenvalue weighted by Gasteiger charge is -2.40. The lowest BCUT2D eigenvalue weighted by molar-refractivity contribution is -0.145. The topological polar surface area (TPSA) is 102 Å². The molecule has 3 heterocycles. The largest absolute Gasteiger partial charge is 0.487 e. The fraction of sp³-hybridized carbons (Fsp3) is 0.545. The molecule has 1 aliphatic heterocycles. The average Bonchev–Trinajstić information content (AvgIpc) is 2.76. The standard InChI is InChI=1S/C22H27F3N6O3/c1-5-16(33-4)19-20(32)30-18-11(2)28-17(8-15(18)31(19)3)29-12-6-13(7-12)34-14-9-26-21(27-10-14)22(23,24)25/h8-10,12-13,16,19H,5-7H2,1-4H3,(H,28,29)(H,30,32)/t12-,13-,16-,19+/m1/s1. The van der Waals surface area contributed by atoms with Gasteiger partial charge in [-0.15, -0.1) is 0 Å². The van der Waals surface area contributed by atoms with Crippen LogP contribution in [-0.2, 0) is 15.7 Å². The summed E-state index contributed by atoms with van der Waals surface area (Å²) in [6.07, 6.45) is -0.925. The molecule has 2 N–H and O–H groups in total. The van der Waals surface area contributed by atoms with E-state index in [0.717, 1.165) is 18.1 Å². The predicted molar refractivity (Wildman–Crippen MR) is 119 cm³/mol. The molecule has 0 unspecified atom stereocenters. The van der Waals surface area contributed by atoms with E-state index in [9.17, 15) is 18.0 Å². The molecule has 0 radical (unpaired) electrons. The van der Waals surface area contributed by atoms with E-state index in [0.29, 0.717) is 36.5 Å². The zero-order valence-electron chi connectivity index (χ0n) is 19.3.